The zero-order valence-corrected chi connectivity index (χ0v) is 15.5. The van der Waals surface area contributed by atoms with Crippen LogP contribution in [0.2, 0.25) is 0 Å². The number of ether oxygens (including phenoxy) is 2. The molecular formula is C23H30O2. The van der Waals surface area contributed by atoms with Gasteiger partial charge in [-0.3, -0.25) is 0 Å². The molecule has 1 fully saturated rings. The average molecular weight is 338 g/mol. The van der Waals surface area contributed by atoms with Crippen molar-refractivity contribution in [1.29, 1.82) is 0 Å². The van der Waals surface area contributed by atoms with Crippen molar-refractivity contribution in [2.75, 3.05) is 13.2 Å². The van der Waals surface area contributed by atoms with Crippen LogP contribution in [0.15, 0.2) is 48.5 Å². The fourth-order valence-corrected chi connectivity index (χ4v) is 3.33. The lowest BCUT2D eigenvalue weighted by molar-refractivity contribution is -0.137. The van der Waals surface area contributed by atoms with Crippen LogP contribution in [0.5, 0.6) is 0 Å². The third-order valence-electron chi connectivity index (χ3n) is 5.08. The lowest BCUT2D eigenvalue weighted by Crippen LogP contribution is -2.25. The first-order chi connectivity index (χ1) is 12.3. The molecule has 0 radical (unpaired) electrons. The first kappa shape index (κ1) is 18.2. The Morgan fingerprint density at radius 2 is 1.24 bits per heavy atom. The first-order valence-corrected chi connectivity index (χ1v) is 9.71. The fourth-order valence-electron chi connectivity index (χ4n) is 3.33. The standard InChI is InChI=1S/C23H30O2/c1-3-5-6-7-19-10-14-21(15-11-19)23-17-24-22(16-25-23)20-12-8-18(4-2)9-13-20/h8-15,22-23H,3-7,16-17H2,1-2H3/t22-,23+/m0/s1. The highest BCUT2D eigenvalue weighted by Crippen LogP contribution is 2.30. The van der Waals surface area contributed by atoms with Gasteiger partial charge >= 0.3 is 0 Å². The molecule has 2 heteroatoms. The molecule has 1 heterocycles. The van der Waals surface area contributed by atoms with Crippen molar-refractivity contribution in [3.05, 3.63) is 70.8 Å². The Morgan fingerprint density at radius 1 is 0.720 bits per heavy atom. The van der Waals surface area contributed by atoms with Crippen molar-refractivity contribution < 1.29 is 9.47 Å². The van der Waals surface area contributed by atoms with E-state index in [1.807, 2.05) is 0 Å². The van der Waals surface area contributed by atoms with Crippen LogP contribution >= 0.6 is 0 Å². The molecule has 1 saturated heterocycles. The molecule has 2 nitrogen and oxygen atoms in total. The predicted molar refractivity (Wildman–Crippen MR) is 103 cm³/mol. The third-order valence-corrected chi connectivity index (χ3v) is 5.08. The van der Waals surface area contributed by atoms with E-state index in [1.54, 1.807) is 0 Å². The zero-order chi connectivity index (χ0) is 17.5. The maximum Gasteiger partial charge on any atom is 0.106 e. The van der Waals surface area contributed by atoms with Crippen molar-refractivity contribution in [3.8, 4) is 0 Å². The highest BCUT2D eigenvalue weighted by molar-refractivity contribution is 5.26. The van der Waals surface area contributed by atoms with Gasteiger partial charge in [0.15, 0.2) is 0 Å². The largest absolute Gasteiger partial charge is 0.368 e. The van der Waals surface area contributed by atoms with E-state index in [2.05, 4.69) is 62.4 Å². The summed E-state index contributed by atoms with van der Waals surface area (Å²) in [5, 5.41) is 0. The number of hydrogen-bond acceptors (Lipinski definition) is 2. The van der Waals surface area contributed by atoms with Gasteiger partial charge in [0.05, 0.1) is 13.2 Å². The summed E-state index contributed by atoms with van der Waals surface area (Å²) in [6, 6.07) is 17.6. The van der Waals surface area contributed by atoms with Crippen LogP contribution in [0.1, 0.15) is 67.6 Å². The quantitative estimate of drug-likeness (QED) is 0.593. The smallest absolute Gasteiger partial charge is 0.106 e. The van der Waals surface area contributed by atoms with E-state index < -0.39 is 0 Å². The minimum Gasteiger partial charge on any atom is -0.368 e. The number of rotatable bonds is 7. The molecule has 0 bridgehead atoms. The molecule has 0 N–H and O–H groups in total. The van der Waals surface area contributed by atoms with Crippen LogP contribution in [0, 0.1) is 0 Å². The van der Waals surface area contributed by atoms with Crippen molar-refractivity contribution in [3.63, 3.8) is 0 Å². The number of benzene rings is 2. The molecule has 0 unspecified atom stereocenters. The van der Waals surface area contributed by atoms with E-state index in [4.69, 9.17) is 9.47 Å². The predicted octanol–water partition coefficient (Wildman–Crippen LogP) is 5.81. The van der Waals surface area contributed by atoms with Gasteiger partial charge in [-0.05, 0) is 41.5 Å². The molecule has 3 rings (SSSR count). The van der Waals surface area contributed by atoms with Crippen molar-refractivity contribution >= 4 is 0 Å². The monoisotopic (exact) mass is 338 g/mol. The van der Waals surface area contributed by atoms with Crippen LogP contribution < -0.4 is 0 Å². The Kier molecular flexibility index (Phi) is 6.66. The minimum atomic E-state index is 0.0514. The molecule has 0 amide bonds. The second-order valence-corrected chi connectivity index (χ2v) is 6.94. The zero-order valence-electron chi connectivity index (χ0n) is 15.5. The van der Waals surface area contributed by atoms with Crippen LogP contribution in [0.25, 0.3) is 0 Å². The SMILES string of the molecule is CCCCCc1ccc([C@H]2CO[C@H](c3ccc(CC)cc3)CO2)cc1. The van der Waals surface area contributed by atoms with Crippen LogP contribution in [0.4, 0.5) is 0 Å². The topological polar surface area (TPSA) is 18.5 Å². The van der Waals surface area contributed by atoms with E-state index in [1.165, 1.54) is 47.9 Å². The van der Waals surface area contributed by atoms with Crippen LogP contribution in [-0.2, 0) is 22.3 Å². The van der Waals surface area contributed by atoms with Gasteiger partial charge in [0.1, 0.15) is 12.2 Å². The first-order valence-electron chi connectivity index (χ1n) is 9.71. The van der Waals surface area contributed by atoms with Gasteiger partial charge in [0.2, 0.25) is 0 Å². The second-order valence-electron chi connectivity index (χ2n) is 6.94. The Labute approximate surface area is 152 Å². The number of aryl methyl sites for hydroxylation is 2. The van der Waals surface area contributed by atoms with Gasteiger partial charge in [-0.2, -0.15) is 0 Å². The average Bonchev–Trinajstić information content (AvgIpc) is 2.69. The summed E-state index contributed by atoms with van der Waals surface area (Å²) < 4.78 is 12.2. The van der Waals surface area contributed by atoms with Gasteiger partial charge < -0.3 is 9.47 Å². The van der Waals surface area contributed by atoms with Crippen LogP contribution in [0.3, 0.4) is 0 Å². The lowest BCUT2D eigenvalue weighted by Gasteiger charge is -2.30. The second kappa shape index (κ2) is 9.17. The summed E-state index contributed by atoms with van der Waals surface area (Å²) in [7, 11) is 0. The van der Waals surface area contributed by atoms with E-state index in [0.717, 1.165) is 6.42 Å². The van der Waals surface area contributed by atoms with E-state index >= 15 is 0 Å². The summed E-state index contributed by atoms with van der Waals surface area (Å²) in [5.41, 5.74) is 5.21. The summed E-state index contributed by atoms with van der Waals surface area (Å²) in [4.78, 5) is 0. The summed E-state index contributed by atoms with van der Waals surface area (Å²) in [6.45, 7) is 5.66. The van der Waals surface area contributed by atoms with Gasteiger partial charge in [-0.15, -0.1) is 0 Å². The van der Waals surface area contributed by atoms with Crippen molar-refractivity contribution in [1.82, 2.24) is 0 Å². The van der Waals surface area contributed by atoms with Gasteiger partial charge in [0, 0.05) is 0 Å². The lowest BCUT2D eigenvalue weighted by atomic mass is 10.0. The number of unbranched alkanes of at least 4 members (excludes halogenated alkanes) is 2. The normalized spacial score (nSPS) is 20.6. The van der Waals surface area contributed by atoms with E-state index in [-0.39, 0.29) is 12.2 Å². The van der Waals surface area contributed by atoms with Crippen molar-refractivity contribution in [2.24, 2.45) is 0 Å². The molecule has 0 saturated carbocycles. The third kappa shape index (κ3) is 4.93. The fraction of sp³-hybridized carbons (Fsp3) is 0.478. The molecule has 0 aliphatic carbocycles. The molecule has 2 atom stereocenters. The molecule has 2 aromatic rings. The van der Waals surface area contributed by atoms with Gasteiger partial charge in [-0.1, -0.05) is 75.2 Å². The van der Waals surface area contributed by atoms with E-state index in [9.17, 15) is 0 Å². The van der Waals surface area contributed by atoms with Crippen molar-refractivity contribution in [2.45, 2.75) is 58.2 Å². The molecule has 1 aliphatic rings. The molecule has 1 aliphatic heterocycles. The molecule has 134 valence electrons. The van der Waals surface area contributed by atoms with Gasteiger partial charge in [0.25, 0.3) is 0 Å². The molecule has 0 spiro atoms. The Balaban J connectivity index is 1.52. The highest BCUT2D eigenvalue weighted by atomic mass is 16.6. The summed E-state index contributed by atoms with van der Waals surface area (Å²) >= 11 is 0. The summed E-state index contributed by atoms with van der Waals surface area (Å²) in [6.07, 6.45) is 6.20. The van der Waals surface area contributed by atoms with Crippen LogP contribution in [-0.4, -0.2) is 13.2 Å². The number of hydrogen-bond donors (Lipinski definition) is 0. The Hall–Kier alpha value is -1.64. The molecule has 0 aromatic heterocycles. The molecular weight excluding hydrogens is 308 g/mol. The van der Waals surface area contributed by atoms with Gasteiger partial charge in [-0.25, -0.2) is 0 Å². The maximum atomic E-state index is 6.10. The maximum absolute atomic E-state index is 6.10. The Bertz CT molecular complexity index is 622. The molecule has 2 aromatic carbocycles. The highest BCUT2D eigenvalue weighted by Gasteiger charge is 2.24. The molecule has 25 heavy (non-hydrogen) atoms. The van der Waals surface area contributed by atoms with E-state index in [0.29, 0.717) is 13.2 Å². The minimum absolute atomic E-state index is 0.0514. The Morgan fingerprint density at radius 3 is 1.68 bits per heavy atom. The summed E-state index contributed by atoms with van der Waals surface area (Å²) in [5.74, 6) is 0.